The molecule has 0 saturated heterocycles. The van der Waals surface area contributed by atoms with E-state index in [9.17, 15) is 57.8 Å². The number of primary amides is 1. The van der Waals surface area contributed by atoms with Crippen LogP contribution in [-0.4, -0.2) is 138 Å². The summed E-state index contributed by atoms with van der Waals surface area (Å²) < 4.78 is 16.0. The third kappa shape index (κ3) is 28.2. The Kier molecular flexibility index (Phi) is 29.0. The molecule has 0 aromatic heterocycles. The molecule has 0 heterocycles. The number of alkyl carbamates (subject to hydrolysis) is 1. The van der Waals surface area contributed by atoms with Crippen LogP contribution in [0.5, 0.6) is 5.75 Å². The van der Waals surface area contributed by atoms with Crippen molar-refractivity contribution < 1.29 is 72.1 Å². The van der Waals surface area contributed by atoms with E-state index in [1.54, 1.807) is 84.0 Å². The normalized spacial score (nSPS) is 12.9. The lowest BCUT2D eigenvalue weighted by atomic mass is 9.99. The molecule has 0 saturated carbocycles. The second-order valence-corrected chi connectivity index (χ2v) is 22.8. The summed E-state index contributed by atoms with van der Waals surface area (Å²) in [5.74, 6) is -7.43. The van der Waals surface area contributed by atoms with Crippen LogP contribution in [0.3, 0.4) is 0 Å². The number of carbonyl (C=O) groups is 11. The Balaban J connectivity index is 1.28. The second kappa shape index (κ2) is 35.9. The first kappa shape index (κ1) is 71.1. The molecule has 88 heavy (non-hydrogen) atoms. The number of aromatic hydroxyl groups is 1. The molecule has 5 atom stereocenters. The van der Waals surface area contributed by atoms with E-state index in [2.05, 4.69) is 42.5 Å². The molecule has 4 aromatic carbocycles. The van der Waals surface area contributed by atoms with Crippen molar-refractivity contribution >= 4 is 65.3 Å². The molecule has 0 aliphatic heterocycles. The lowest BCUT2D eigenvalue weighted by molar-refractivity contribution is -0.156. The third-order valence-corrected chi connectivity index (χ3v) is 12.9. The zero-order chi connectivity index (χ0) is 64.8. The largest absolute Gasteiger partial charge is 0.508 e. The minimum Gasteiger partial charge on any atom is -0.508 e. The van der Waals surface area contributed by atoms with Crippen LogP contribution < -0.4 is 54.0 Å². The van der Waals surface area contributed by atoms with Crippen LogP contribution in [0.4, 0.5) is 4.79 Å². The minimum atomic E-state index is -1.46. The average molecular weight is 1220 g/mol. The Morgan fingerprint density at radius 1 is 0.489 bits per heavy atom. The summed E-state index contributed by atoms with van der Waals surface area (Å²) in [5.41, 5.74) is 12.7. The maximum Gasteiger partial charge on any atom is 0.408 e. The lowest BCUT2D eigenvalue weighted by Crippen LogP contribution is -2.56. The summed E-state index contributed by atoms with van der Waals surface area (Å²) in [6, 6.07) is 26.0. The van der Waals surface area contributed by atoms with Crippen molar-refractivity contribution in [2.24, 2.45) is 11.5 Å². The van der Waals surface area contributed by atoms with Gasteiger partial charge in [-0.3, -0.25) is 47.9 Å². The molecule has 0 fully saturated rings. The number of carbonyl (C=O) groups excluding carboxylic acids is 11. The van der Waals surface area contributed by atoms with Crippen LogP contribution in [0.1, 0.15) is 121 Å². The molecular formula is C63H84N10O15. The van der Waals surface area contributed by atoms with E-state index in [1.165, 1.54) is 12.1 Å². The Labute approximate surface area is 512 Å². The highest BCUT2D eigenvalue weighted by Crippen LogP contribution is 2.22. The number of ether oxygens (including phenoxy) is 3. The SMILES string of the molecule is CC(C)(C)OC(=O)C[C@H](NC(=O)[C@@H](N)CCCCNC(=O)CCC(=O)NCCC[C@H](NC(=O)[C@H](Cc1ccc(O)cc1)NC(=O)OC(C)(C)C)C(=O)NCC(=O)OCC(=O)NC(c1ccccc1)c1ccccc1)C(=O)N[C@@H](Cc1ccccc1)C(N)=O. The van der Waals surface area contributed by atoms with Gasteiger partial charge in [-0.2, -0.15) is 0 Å². The summed E-state index contributed by atoms with van der Waals surface area (Å²) >= 11 is 0. The standard InChI is InChI=1S/C63H84N10O15/c1-62(2,3)87-53(78)37-49(60(84)70-47(56(65)80)35-40-19-10-7-11-20-40)71-57(81)45(64)25-16-17-33-66-50(75)31-32-51(76)67-34-18-26-46(69-59(83)48(72-61(85)88-63(4,5)6)36-41-27-29-44(74)30-28-41)58(82)68-38-54(79)86-39-52(77)73-55(42-21-12-8-13-22-42)43-23-14-9-15-24-43/h7-15,19-24,27-30,45-49,55,74H,16-18,25-26,31-39,64H2,1-6H3,(H2,65,80)(H,66,75)(H,67,76)(H,68,82)(H,69,83)(H,70,84)(H,71,81)(H,72,85)(H,73,77)/t45-,46-,47-,48-,49-/m0/s1. The van der Waals surface area contributed by atoms with Gasteiger partial charge in [0.25, 0.3) is 5.91 Å². The number of unbranched alkanes of at least 4 members (excludes halogenated alkanes) is 1. The molecule has 25 nitrogen and oxygen atoms in total. The summed E-state index contributed by atoms with van der Waals surface area (Å²) in [7, 11) is 0. The van der Waals surface area contributed by atoms with Crippen molar-refractivity contribution in [1.29, 1.82) is 0 Å². The smallest absolute Gasteiger partial charge is 0.408 e. The van der Waals surface area contributed by atoms with Crippen LogP contribution in [0.2, 0.25) is 0 Å². The number of rotatable bonds is 34. The van der Waals surface area contributed by atoms with E-state index in [-0.39, 0.29) is 63.8 Å². The number of benzene rings is 4. The Hall–Kier alpha value is -9.39. The fourth-order valence-corrected chi connectivity index (χ4v) is 8.57. The van der Waals surface area contributed by atoms with E-state index >= 15 is 0 Å². The van der Waals surface area contributed by atoms with Gasteiger partial charge in [0.05, 0.1) is 18.5 Å². The van der Waals surface area contributed by atoms with Gasteiger partial charge in [-0.05, 0) is 108 Å². The molecule has 25 heteroatoms. The summed E-state index contributed by atoms with van der Waals surface area (Å²) in [5, 5.41) is 30.7. The van der Waals surface area contributed by atoms with Crippen LogP contribution >= 0.6 is 0 Å². The fourth-order valence-electron chi connectivity index (χ4n) is 8.57. The van der Waals surface area contributed by atoms with Gasteiger partial charge in [0.2, 0.25) is 41.4 Å². The number of hydrogen-bond donors (Lipinski definition) is 11. The molecule has 0 aliphatic carbocycles. The molecule has 0 aliphatic rings. The molecule has 4 rings (SSSR count). The topological polar surface area (TPSA) is 384 Å². The molecule has 13 N–H and O–H groups in total. The van der Waals surface area contributed by atoms with Crippen molar-refractivity contribution in [3.63, 3.8) is 0 Å². The van der Waals surface area contributed by atoms with Crippen LogP contribution in [0.25, 0.3) is 0 Å². The molecule has 0 bridgehead atoms. The monoisotopic (exact) mass is 1220 g/mol. The van der Waals surface area contributed by atoms with E-state index in [1.807, 2.05) is 60.7 Å². The van der Waals surface area contributed by atoms with Crippen molar-refractivity contribution in [2.75, 3.05) is 26.2 Å². The molecular weight excluding hydrogens is 1140 g/mol. The Morgan fingerprint density at radius 3 is 1.55 bits per heavy atom. The maximum atomic E-state index is 14.0. The van der Waals surface area contributed by atoms with Gasteiger partial charge in [0, 0.05) is 38.8 Å². The zero-order valence-corrected chi connectivity index (χ0v) is 50.7. The Bertz CT molecular complexity index is 2920. The van der Waals surface area contributed by atoms with E-state index in [0.717, 1.165) is 11.1 Å². The molecule has 9 amide bonds. The third-order valence-electron chi connectivity index (χ3n) is 12.9. The summed E-state index contributed by atoms with van der Waals surface area (Å²) in [6.07, 6.45) is -1.09. The van der Waals surface area contributed by atoms with Crippen LogP contribution in [-0.2, 0) is 75.0 Å². The maximum absolute atomic E-state index is 14.0. The quantitative estimate of drug-likeness (QED) is 0.0182. The number of amides is 9. The fraction of sp³-hybridized carbons (Fsp3) is 0.444. The van der Waals surface area contributed by atoms with Gasteiger partial charge >= 0.3 is 18.0 Å². The first-order chi connectivity index (χ1) is 41.6. The highest BCUT2D eigenvalue weighted by atomic mass is 16.6. The van der Waals surface area contributed by atoms with Gasteiger partial charge in [0.15, 0.2) is 6.61 Å². The van der Waals surface area contributed by atoms with Gasteiger partial charge in [-0.15, -0.1) is 0 Å². The van der Waals surface area contributed by atoms with E-state index < -0.39 is 132 Å². The van der Waals surface area contributed by atoms with Crippen molar-refractivity contribution in [3.8, 4) is 5.75 Å². The zero-order valence-electron chi connectivity index (χ0n) is 50.7. The first-order valence-corrected chi connectivity index (χ1v) is 29.0. The second-order valence-electron chi connectivity index (χ2n) is 22.8. The highest BCUT2D eigenvalue weighted by molar-refractivity contribution is 5.95. The van der Waals surface area contributed by atoms with Gasteiger partial charge in [-0.25, -0.2) is 4.79 Å². The first-order valence-electron chi connectivity index (χ1n) is 29.0. The van der Waals surface area contributed by atoms with E-state index in [4.69, 9.17) is 25.7 Å². The predicted octanol–water partition coefficient (Wildman–Crippen LogP) is 2.60. The van der Waals surface area contributed by atoms with Gasteiger partial charge in [0.1, 0.15) is 47.7 Å². The molecule has 0 unspecified atom stereocenters. The number of hydrogen-bond acceptors (Lipinski definition) is 16. The van der Waals surface area contributed by atoms with Gasteiger partial charge in [-0.1, -0.05) is 103 Å². The highest BCUT2D eigenvalue weighted by Gasteiger charge is 2.33. The van der Waals surface area contributed by atoms with Crippen molar-refractivity contribution in [3.05, 3.63) is 138 Å². The molecule has 476 valence electrons. The number of esters is 2. The van der Waals surface area contributed by atoms with Crippen LogP contribution in [0, 0.1) is 0 Å². The van der Waals surface area contributed by atoms with E-state index in [0.29, 0.717) is 24.0 Å². The summed E-state index contributed by atoms with van der Waals surface area (Å²) in [6.45, 7) is 8.60. The minimum absolute atomic E-state index is 0.0142. The number of nitrogens with two attached hydrogens (primary N) is 2. The predicted molar refractivity (Wildman–Crippen MR) is 324 cm³/mol. The number of phenols is 1. The lowest BCUT2D eigenvalue weighted by Gasteiger charge is -2.25. The molecule has 0 radical (unpaired) electrons. The number of nitrogens with one attached hydrogen (secondary N) is 8. The van der Waals surface area contributed by atoms with Gasteiger partial charge < -0.3 is 73.3 Å². The van der Waals surface area contributed by atoms with Crippen LogP contribution in [0.15, 0.2) is 115 Å². The number of phenolic OH excluding ortho intramolecular Hbond substituents is 1. The van der Waals surface area contributed by atoms with Crippen molar-refractivity contribution in [2.45, 2.75) is 153 Å². The Morgan fingerprint density at radius 2 is 0.989 bits per heavy atom. The summed E-state index contributed by atoms with van der Waals surface area (Å²) in [4.78, 5) is 144. The van der Waals surface area contributed by atoms with Crippen molar-refractivity contribution in [1.82, 2.24) is 42.5 Å². The molecule has 4 aromatic rings. The molecule has 0 spiro atoms. The average Bonchev–Trinajstić information content (AvgIpc) is 3.64.